The van der Waals surface area contributed by atoms with Gasteiger partial charge in [-0.1, -0.05) is 73.5 Å². The monoisotopic (exact) mass is 572 g/mol. The number of ether oxygens (including phenoxy) is 1. The maximum atomic E-state index is 13.4. The molecule has 1 fully saturated rings. The summed E-state index contributed by atoms with van der Waals surface area (Å²) < 4.78 is 5.29. The smallest absolute Gasteiger partial charge is 0.320 e. The first-order chi connectivity index (χ1) is 20.5. The fourth-order valence-electron chi connectivity index (χ4n) is 5.74. The van der Waals surface area contributed by atoms with Crippen LogP contribution in [0.25, 0.3) is 0 Å². The van der Waals surface area contributed by atoms with Crippen molar-refractivity contribution in [2.24, 2.45) is 5.92 Å². The van der Waals surface area contributed by atoms with Gasteiger partial charge in [0.2, 0.25) is 5.91 Å². The summed E-state index contributed by atoms with van der Waals surface area (Å²) in [5.41, 5.74) is 4.03. The van der Waals surface area contributed by atoms with Crippen molar-refractivity contribution in [1.82, 2.24) is 20.1 Å². The number of pyridine rings is 1. The Kier molecular flexibility index (Phi) is 11.9. The number of aromatic nitrogens is 1. The van der Waals surface area contributed by atoms with Crippen LogP contribution in [0.3, 0.4) is 0 Å². The fraction of sp³-hybridized carbons (Fsp3) is 0.441. The van der Waals surface area contributed by atoms with Gasteiger partial charge in [0.05, 0.1) is 19.3 Å². The zero-order valence-corrected chi connectivity index (χ0v) is 24.8. The van der Waals surface area contributed by atoms with Gasteiger partial charge >= 0.3 is 6.03 Å². The molecule has 8 heteroatoms. The lowest BCUT2D eigenvalue weighted by molar-refractivity contribution is -0.127. The van der Waals surface area contributed by atoms with Crippen molar-refractivity contribution in [1.29, 1.82) is 0 Å². The normalized spacial score (nSPS) is 17.3. The number of benzene rings is 2. The molecule has 3 amide bonds. The number of aliphatic hydroxyl groups is 1. The second-order valence-corrected chi connectivity index (χ2v) is 11.1. The topological polar surface area (TPSA) is 95.0 Å². The van der Waals surface area contributed by atoms with E-state index >= 15 is 0 Å². The zero-order valence-electron chi connectivity index (χ0n) is 24.8. The quantitative estimate of drug-likeness (QED) is 0.302. The molecule has 0 bridgehead atoms. The van der Waals surface area contributed by atoms with Crippen LogP contribution in [0.5, 0.6) is 0 Å². The van der Waals surface area contributed by atoms with E-state index in [0.717, 1.165) is 48.1 Å². The molecule has 2 N–H and O–H groups in total. The number of amides is 3. The van der Waals surface area contributed by atoms with Crippen molar-refractivity contribution in [3.8, 4) is 0 Å². The fourth-order valence-corrected chi connectivity index (χ4v) is 5.74. The Hall–Kier alpha value is -3.75. The number of methoxy groups -OCH3 is 1. The van der Waals surface area contributed by atoms with Gasteiger partial charge in [-0.2, -0.15) is 0 Å². The maximum absolute atomic E-state index is 13.4. The summed E-state index contributed by atoms with van der Waals surface area (Å²) in [5, 5.41) is 13.1. The SMILES string of the molecule is COCCN(Cc1ccc(C2CCCCC2C(=O)N[C@@H](CO)c2ccccc2)cc1)C(=O)N(C)CCc1ccccn1. The molecule has 2 unspecified atom stereocenters. The Bertz CT molecular complexity index is 1240. The average Bonchev–Trinajstić information content (AvgIpc) is 3.05. The summed E-state index contributed by atoms with van der Waals surface area (Å²) in [6.45, 7) is 1.85. The molecule has 0 saturated heterocycles. The van der Waals surface area contributed by atoms with Crippen molar-refractivity contribution >= 4 is 11.9 Å². The van der Waals surface area contributed by atoms with Gasteiger partial charge in [-0.15, -0.1) is 0 Å². The number of hydrogen-bond acceptors (Lipinski definition) is 5. The average molecular weight is 573 g/mol. The molecule has 1 aromatic heterocycles. The van der Waals surface area contributed by atoms with Crippen LogP contribution in [-0.2, 0) is 22.5 Å². The van der Waals surface area contributed by atoms with Gasteiger partial charge in [-0.05, 0) is 47.6 Å². The first-order valence-corrected chi connectivity index (χ1v) is 14.9. The van der Waals surface area contributed by atoms with E-state index in [9.17, 15) is 14.7 Å². The van der Waals surface area contributed by atoms with E-state index in [1.807, 2.05) is 60.5 Å². The summed E-state index contributed by atoms with van der Waals surface area (Å²) >= 11 is 0. The minimum atomic E-state index is -0.415. The number of aliphatic hydroxyl groups excluding tert-OH is 1. The third-order valence-corrected chi connectivity index (χ3v) is 8.18. The lowest BCUT2D eigenvalue weighted by Crippen LogP contribution is -2.43. The summed E-state index contributed by atoms with van der Waals surface area (Å²) in [7, 11) is 3.46. The lowest BCUT2D eigenvalue weighted by Gasteiger charge is -2.32. The van der Waals surface area contributed by atoms with E-state index in [4.69, 9.17) is 4.74 Å². The number of hydrogen-bond donors (Lipinski definition) is 2. The highest BCUT2D eigenvalue weighted by atomic mass is 16.5. The number of likely N-dealkylation sites (N-methyl/N-ethyl adjacent to an activating group) is 1. The van der Waals surface area contributed by atoms with Gasteiger partial charge in [-0.25, -0.2) is 4.79 Å². The van der Waals surface area contributed by atoms with Crippen molar-refractivity contribution in [3.05, 3.63) is 101 Å². The summed E-state index contributed by atoms with van der Waals surface area (Å²) in [6, 6.07) is 23.3. The van der Waals surface area contributed by atoms with Crippen LogP contribution in [0.15, 0.2) is 79.0 Å². The second-order valence-electron chi connectivity index (χ2n) is 11.1. The molecule has 3 aromatic rings. The molecule has 2 aromatic carbocycles. The van der Waals surface area contributed by atoms with Crippen LogP contribution in [0, 0.1) is 5.92 Å². The number of urea groups is 1. The van der Waals surface area contributed by atoms with Gasteiger partial charge in [0, 0.05) is 58.0 Å². The van der Waals surface area contributed by atoms with Gasteiger partial charge in [0.15, 0.2) is 0 Å². The first kappa shape index (κ1) is 31.2. The molecule has 1 heterocycles. The number of rotatable bonds is 13. The van der Waals surface area contributed by atoms with E-state index in [0.29, 0.717) is 32.7 Å². The number of nitrogens with one attached hydrogen (secondary N) is 1. The minimum Gasteiger partial charge on any atom is -0.394 e. The highest BCUT2D eigenvalue weighted by Crippen LogP contribution is 2.38. The molecule has 42 heavy (non-hydrogen) atoms. The zero-order chi connectivity index (χ0) is 29.7. The third-order valence-electron chi connectivity index (χ3n) is 8.18. The summed E-state index contributed by atoms with van der Waals surface area (Å²) in [4.78, 5) is 34.7. The molecule has 224 valence electrons. The number of carbonyl (C=O) groups excluding carboxylic acids is 2. The van der Waals surface area contributed by atoms with Crippen LogP contribution >= 0.6 is 0 Å². The Balaban J connectivity index is 1.40. The Morgan fingerprint density at radius 1 is 1.00 bits per heavy atom. The minimum absolute atomic E-state index is 0.00300. The molecule has 0 aliphatic heterocycles. The predicted octanol–water partition coefficient (Wildman–Crippen LogP) is 4.95. The van der Waals surface area contributed by atoms with Gasteiger partial charge in [0.1, 0.15) is 0 Å². The highest BCUT2D eigenvalue weighted by Gasteiger charge is 2.33. The van der Waals surface area contributed by atoms with Crippen molar-refractivity contribution in [3.63, 3.8) is 0 Å². The molecule has 8 nitrogen and oxygen atoms in total. The van der Waals surface area contributed by atoms with Crippen LogP contribution in [0.2, 0.25) is 0 Å². The Labute approximate surface area is 249 Å². The Morgan fingerprint density at radius 2 is 1.74 bits per heavy atom. The molecule has 3 atom stereocenters. The molecule has 0 radical (unpaired) electrons. The molecule has 4 rings (SSSR count). The number of nitrogens with zero attached hydrogens (tertiary/aromatic N) is 3. The van der Waals surface area contributed by atoms with Crippen LogP contribution in [0.4, 0.5) is 4.79 Å². The summed E-state index contributed by atoms with van der Waals surface area (Å²) in [6.07, 6.45) is 6.34. The third kappa shape index (κ3) is 8.63. The van der Waals surface area contributed by atoms with Gasteiger partial charge < -0.3 is 25.0 Å². The van der Waals surface area contributed by atoms with E-state index < -0.39 is 6.04 Å². The highest BCUT2D eigenvalue weighted by molar-refractivity contribution is 5.80. The molecule has 1 saturated carbocycles. The van der Waals surface area contributed by atoms with E-state index in [1.54, 1.807) is 18.2 Å². The molecule has 1 aliphatic rings. The van der Waals surface area contributed by atoms with Crippen molar-refractivity contribution in [2.75, 3.05) is 40.5 Å². The van der Waals surface area contributed by atoms with E-state index in [2.05, 4.69) is 34.6 Å². The van der Waals surface area contributed by atoms with Crippen molar-refractivity contribution < 1.29 is 19.4 Å². The van der Waals surface area contributed by atoms with Gasteiger partial charge in [0.25, 0.3) is 0 Å². The predicted molar refractivity (Wildman–Crippen MR) is 164 cm³/mol. The maximum Gasteiger partial charge on any atom is 0.320 e. The molecular formula is C34H44N4O4. The Morgan fingerprint density at radius 3 is 2.43 bits per heavy atom. The van der Waals surface area contributed by atoms with E-state index in [-0.39, 0.29) is 30.4 Å². The first-order valence-electron chi connectivity index (χ1n) is 14.9. The van der Waals surface area contributed by atoms with E-state index in [1.165, 1.54) is 0 Å². The molecule has 1 aliphatic carbocycles. The van der Waals surface area contributed by atoms with Crippen LogP contribution in [0.1, 0.15) is 60.0 Å². The number of carbonyl (C=O) groups is 2. The van der Waals surface area contributed by atoms with Crippen LogP contribution in [-0.4, -0.2) is 72.3 Å². The summed E-state index contributed by atoms with van der Waals surface area (Å²) in [5.74, 6) is -0.0291. The van der Waals surface area contributed by atoms with Crippen molar-refractivity contribution in [2.45, 2.75) is 50.6 Å². The molecular weight excluding hydrogens is 528 g/mol. The standard InChI is InChI=1S/C34H44N4O4/c1-37(21-19-29-12-8-9-20-35-29)34(41)38(22-23-42-2)24-26-15-17-27(18-16-26)30-13-6-7-14-31(30)33(40)36-32(25-39)28-10-4-3-5-11-28/h3-5,8-12,15-18,20,30-32,39H,6-7,13-14,19,21-25H2,1-2H3,(H,36,40)/t30?,31?,32-/m0/s1. The second kappa shape index (κ2) is 16.0. The van der Waals surface area contributed by atoms with Crippen LogP contribution < -0.4 is 5.32 Å². The van der Waals surface area contributed by atoms with Gasteiger partial charge in [-0.3, -0.25) is 9.78 Å². The lowest BCUT2D eigenvalue weighted by atomic mass is 9.74. The molecule has 0 spiro atoms. The largest absolute Gasteiger partial charge is 0.394 e.